The van der Waals surface area contributed by atoms with Crippen LogP contribution >= 0.6 is 0 Å². The van der Waals surface area contributed by atoms with Gasteiger partial charge in [-0.3, -0.25) is 9.97 Å². The fraction of sp³-hybridized carbons (Fsp3) is 0.200. The van der Waals surface area contributed by atoms with Crippen molar-refractivity contribution in [1.29, 1.82) is 0 Å². The standard InChI is InChI=1S/C20H17N5O/c1-2-6-18-14(4-1)10-16(11-22-18)20-23-19(15-7-9-26-13-15)24-25(20)17-5-3-8-21-12-17/h1-6,8,10-12,15H,7,9,13H2. The van der Waals surface area contributed by atoms with Crippen LogP contribution in [0, 0.1) is 0 Å². The van der Waals surface area contributed by atoms with Crippen LogP contribution in [0.15, 0.2) is 61.1 Å². The van der Waals surface area contributed by atoms with E-state index >= 15 is 0 Å². The van der Waals surface area contributed by atoms with Gasteiger partial charge in [-0.05, 0) is 30.7 Å². The highest BCUT2D eigenvalue weighted by atomic mass is 16.5. The Kier molecular flexibility index (Phi) is 3.68. The van der Waals surface area contributed by atoms with E-state index in [4.69, 9.17) is 14.8 Å². The number of hydrogen-bond acceptors (Lipinski definition) is 5. The lowest BCUT2D eigenvalue weighted by molar-refractivity contribution is 0.193. The maximum absolute atomic E-state index is 5.52. The lowest BCUT2D eigenvalue weighted by atomic mass is 10.1. The number of fused-ring (bicyclic) bond motifs is 1. The molecule has 1 fully saturated rings. The maximum Gasteiger partial charge on any atom is 0.165 e. The average molecular weight is 343 g/mol. The number of benzene rings is 1. The minimum atomic E-state index is 0.236. The first-order valence-corrected chi connectivity index (χ1v) is 8.69. The molecule has 26 heavy (non-hydrogen) atoms. The minimum absolute atomic E-state index is 0.236. The van der Waals surface area contributed by atoms with E-state index in [2.05, 4.69) is 22.1 Å². The lowest BCUT2D eigenvalue weighted by Crippen LogP contribution is -2.03. The second-order valence-corrected chi connectivity index (χ2v) is 6.39. The first-order chi connectivity index (χ1) is 12.9. The van der Waals surface area contributed by atoms with Crippen LogP contribution in [-0.2, 0) is 4.74 Å². The molecule has 1 aliphatic heterocycles. The maximum atomic E-state index is 5.52. The minimum Gasteiger partial charge on any atom is -0.381 e. The first kappa shape index (κ1) is 15.2. The van der Waals surface area contributed by atoms with Gasteiger partial charge in [-0.25, -0.2) is 9.67 Å². The molecule has 6 heteroatoms. The summed E-state index contributed by atoms with van der Waals surface area (Å²) in [5.41, 5.74) is 2.78. The van der Waals surface area contributed by atoms with Crippen LogP contribution in [0.25, 0.3) is 28.0 Å². The molecule has 1 aromatic carbocycles. The van der Waals surface area contributed by atoms with Gasteiger partial charge in [-0.1, -0.05) is 18.2 Å². The molecule has 0 bridgehead atoms. The summed E-state index contributed by atoms with van der Waals surface area (Å²) in [4.78, 5) is 13.7. The molecule has 1 unspecified atom stereocenters. The predicted octanol–water partition coefficient (Wildman–Crippen LogP) is 3.38. The zero-order valence-corrected chi connectivity index (χ0v) is 14.1. The second-order valence-electron chi connectivity index (χ2n) is 6.39. The number of aromatic nitrogens is 5. The molecular formula is C20H17N5O. The average Bonchev–Trinajstić information content (AvgIpc) is 3.38. The molecule has 4 heterocycles. The Morgan fingerprint density at radius 1 is 1.08 bits per heavy atom. The molecule has 128 valence electrons. The smallest absolute Gasteiger partial charge is 0.165 e. The summed E-state index contributed by atoms with van der Waals surface area (Å²) < 4.78 is 7.37. The van der Waals surface area contributed by atoms with E-state index in [0.29, 0.717) is 6.61 Å². The highest BCUT2D eigenvalue weighted by Crippen LogP contribution is 2.28. The Hall–Kier alpha value is -3.12. The first-order valence-electron chi connectivity index (χ1n) is 8.69. The van der Waals surface area contributed by atoms with E-state index in [-0.39, 0.29) is 5.92 Å². The summed E-state index contributed by atoms with van der Waals surface area (Å²) in [6.45, 7) is 1.44. The molecule has 1 aliphatic rings. The number of nitrogens with zero attached hydrogens (tertiary/aromatic N) is 5. The molecule has 0 radical (unpaired) electrons. The topological polar surface area (TPSA) is 65.7 Å². The molecule has 0 saturated carbocycles. The monoisotopic (exact) mass is 343 g/mol. The fourth-order valence-electron chi connectivity index (χ4n) is 3.28. The predicted molar refractivity (Wildman–Crippen MR) is 98.1 cm³/mol. The van der Waals surface area contributed by atoms with E-state index in [1.807, 2.05) is 41.2 Å². The fourth-order valence-corrected chi connectivity index (χ4v) is 3.28. The van der Waals surface area contributed by atoms with Crippen molar-refractivity contribution in [2.75, 3.05) is 13.2 Å². The third-order valence-corrected chi connectivity index (χ3v) is 4.66. The summed E-state index contributed by atoms with van der Waals surface area (Å²) >= 11 is 0. The van der Waals surface area contributed by atoms with Crippen molar-refractivity contribution in [3.05, 3.63) is 66.9 Å². The molecule has 0 aliphatic carbocycles. The van der Waals surface area contributed by atoms with Crippen molar-refractivity contribution >= 4 is 10.9 Å². The van der Waals surface area contributed by atoms with Crippen LogP contribution < -0.4 is 0 Å². The highest BCUT2D eigenvalue weighted by Gasteiger charge is 2.24. The lowest BCUT2D eigenvalue weighted by Gasteiger charge is -2.06. The second kappa shape index (κ2) is 6.31. The van der Waals surface area contributed by atoms with Crippen molar-refractivity contribution in [2.45, 2.75) is 12.3 Å². The van der Waals surface area contributed by atoms with Crippen LogP contribution in [0.1, 0.15) is 18.2 Å². The zero-order chi connectivity index (χ0) is 17.3. The van der Waals surface area contributed by atoms with Gasteiger partial charge in [0.05, 0.1) is 24.0 Å². The number of pyridine rings is 2. The molecule has 3 aromatic heterocycles. The van der Waals surface area contributed by atoms with Gasteiger partial charge in [-0.15, -0.1) is 0 Å². The summed E-state index contributed by atoms with van der Waals surface area (Å²) in [5.74, 6) is 1.83. The molecular weight excluding hydrogens is 326 g/mol. The normalized spacial score (nSPS) is 17.0. The number of rotatable bonds is 3. The van der Waals surface area contributed by atoms with Gasteiger partial charge in [0.1, 0.15) is 0 Å². The van der Waals surface area contributed by atoms with Gasteiger partial charge in [-0.2, -0.15) is 5.10 Å². The van der Waals surface area contributed by atoms with Gasteiger partial charge >= 0.3 is 0 Å². The van der Waals surface area contributed by atoms with Crippen molar-refractivity contribution in [3.8, 4) is 17.1 Å². The van der Waals surface area contributed by atoms with Crippen LogP contribution in [-0.4, -0.2) is 37.9 Å². The van der Waals surface area contributed by atoms with E-state index in [1.165, 1.54) is 0 Å². The zero-order valence-electron chi connectivity index (χ0n) is 14.1. The summed E-state index contributed by atoms with van der Waals surface area (Å²) in [6, 6.07) is 14.1. The van der Waals surface area contributed by atoms with Gasteiger partial charge in [0.15, 0.2) is 11.6 Å². The van der Waals surface area contributed by atoms with E-state index in [9.17, 15) is 0 Å². The Morgan fingerprint density at radius 2 is 2.04 bits per heavy atom. The molecule has 0 N–H and O–H groups in total. The summed E-state index contributed by atoms with van der Waals surface area (Å²) in [6.07, 6.45) is 6.35. The van der Waals surface area contributed by atoms with Crippen molar-refractivity contribution in [1.82, 2.24) is 24.7 Å². The van der Waals surface area contributed by atoms with E-state index < -0.39 is 0 Å². The SMILES string of the molecule is c1cncc(-n2nc(C3CCOC3)nc2-c2cnc3ccccc3c2)c1. The van der Waals surface area contributed by atoms with Gasteiger partial charge < -0.3 is 4.74 Å². The van der Waals surface area contributed by atoms with E-state index in [1.54, 1.807) is 12.4 Å². The summed E-state index contributed by atoms with van der Waals surface area (Å²) in [5, 5.41) is 5.86. The number of hydrogen-bond donors (Lipinski definition) is 0. The van der Waals surface area contributed by atoms with E-state index in [0.717, 1.165) is 46.8 Å². The molecule has 0 spiro atoms. The molecule has 5 rings (SSSR count). The quantitative estimate of drug-likeness (QED) is 0.570. The highest BCUT2D eigenvalue weighted by molar-refractivity contribution is 5.82. The molecule has 1 saturated heterocycles. The van der Waals surface area contributed by atoms with Crippen LogP contribution in [0.2, 0.25) is 0 Å². The molecule has 4 aromatic rings. The number of ether oxygens (including phenoxy) is 1. The third kappa shape index (κ3) is 2.64. The number of para-hydroxylation sites is 1. The Bertz CT molecular complexity index is 1050. The Balaban J connectivity index is 1.67. The van der Waals surface area contributed by atoms with Gasteiger partial charge in [0, 0.05) is 35.9 Å². The van der Waals surface area contributed by atoms with Crippen LogP contribution in [0.3, 0.4) is 0 Å². The van der Waals surface area contributed by atoms with Gasteiger partial charge in [0.25, 0.3) is 0 Å². The largest absolute Gasteiger partial charge is 0.381 e. The summed E-state index contributed by atoms with van der Waals surface area (Å²) in [7, 11) is 0. The third-order valence-electron chi connectivity index (χ3n) is 4.66. The Morgan fingerprint density at radius 3 is 2.88 bits per heavy atom. The molecule has 1 atom stereocenters. The molecule has 6 nitrogen and oxygen atoms in total. The van der Waals surface area contributed by atoms with Crippen molar-refractivity contribution < 1.29 is 4.74 Å². The molecule has 0 amide bonds. The van der Waals surface area contributed by atoms with Gasteiger partial charge in [0.2, 0.25) is 0 Å². The Labute approximate surface area is 150 Å². The van der Waals surface area contributed by atoms with Crippen molar-refractivity contribution in [3.63, 3.8) is 0 Å². The van der Waals surface area contributed by atoms with Crippen LogP contribution in [0.5, 0.6) is 0 Å². The van der Waals surface area contributed by atoms with Crippen LogP contribution in [0.4, 0.5) is 0 Å². The van der Waals surface area contributed by atoms with Crippen molar-refractivity contribution in [2.24, 2.45) is 0 Å².